The number of esters is 1. The van der Waals surface area contributed by atoms with E-state index >= 15 is 0 Å². The number of aliphatic hydroxyl groups excluding tert-OH is 1. The molecular weight excluding hydrogens is 206 g/mol. The molecule has 0 aliphatic heterocycles. The summed E-state index contributed by atoms with van der Waals surface area (Å²) in [5.74, 6) is -0.323. The number of ether oxygens (including phenoxy) is 1. The van der Waals surface area contributed by atoms with Crippen LogP contribution in [0.2, 0.25) is 0 Å². The van der Waals surface area contributed by atoms with E-state index in [0.29, 0.717) is 6.42 Å². The van der Waals surface area contributed by atoms with Crippen LogP contribution in [0.3, 0.4) is 0 Å². The molecular formula is C12H15NO3. The highest BCUT2D eigenvalue weighted by atomic mass is 16.5. The van der Waals surface area contributed by atoms with Crippen molar-refractivity contribution in [3.63, 3.8) is 0 Å². The van der Waals surface area contributed by atoms with E-state index < -0.39 is 6.10 Å². The molecule has 0 bridgehead atoms. The predicted octanol–water partition coefficient (Wildman–Crippen LogP) is 0.407. The molecule has 4 heteroatoms. The van der Waals surface area contributed by atoms with Gasteiger partial charge in [-0.2, -0.15) is 0 Å². The van der Waals surface area contributed by atoms with Gasteiger partial charge in [-0.05, 0) is 11.1 Å². The van der Waals surface area contributed by atoms with E-state index in [0.717, 1.165) is 11.1 Å². The van der Waals surface area contributed by atoms with Crippen LogP contribution in [0.1, 0.15) is 17.2 Å². The molecule has 1 aromatic rings. The lowest BCUT2D eigenvalue weighted by Gasteiger charge is -2.16. The van der Waals surface area contributed by atoms with E-state index in [1.54, 1.807) is 0 Å². The summed E-state index contributed by atoms with van der Waals surface area (Å²) in [5, 5.41) is 12.9. The Hall–Kier alpha value is -1.39. The fourth-order valence-corrected chi connectivity index (χ4v) is 2.09. The van der Waals surface area contributed by atoms with Crippen LogP contribution in [-0.2, 0) is 16.0 Å². The molecule has 0 fully saturated rings. The molecule has 0 spiro atoms. The molecule has 1 aliphatic rings. The minimum absolute atomic E-state index is 0.118. The Morgan fingerprint density at radius 1 is 1.56 bits per heavy atom. The molecule has 0 saturated carbocycles. The Kier molecular flexibility index (Phi) is 3.22. The quantitative estimate of drug-likeness (QED) is 0.726. The van der Waals surface area contributed by atoms with Gasteiger partial charge in [-0.3, -0.25) is 10.1 Å². The molecule has 0 radical (unpaired) electrons. The molecule has 0 aromatic heterocycles. The summed E-state index contributed by atoms with van der Waals surface area (Å²) < 4.78 is 4.55. The third-order valence-electron chi connectivity index (χ3n) is 2.90. The Balaban J connectivity index is 2.07. The van der Waals surface area contributed by atoms with Crippen molar-refractivity contribution < 1.29 is 14.6 Å². The first-order chi connectivity index (χ1) is 7.72. The highest BCUT2D eigenvalue weighted by Crippen LogP contribution is 2.30. The van der Waals surface area contributed by atoms with Gasteiger partial charge >= 0.3 is 5.97 Å². The van der Waals surface area contributed by atoms with E-state index in [2.05, 4.69) is 10.1 Å². The van der Waals surface area contributed by atoms with Crippen molar-refractivity contribution in [1.29, 1.82) is 0 Å². The fraction of sp³-hybridized carbons (Fsp3) is 0.417. The second-order valence-corrected chi connectivity index (χ2v) is 3.90. The molecule has 2 atom stereocenters. The maximum atomic E-state index is 11.0. The summed E-state index contributed by atoms with van der Waals surface area (Å²) in [7, 11) is 1.35. The summed E-state index contributed by atoms with van der Waals surface area (Å²) in [6.07, 6.45) is 0.164. The van der Waals surface area contributed by atoms with Gasteiger partial charge in [-0.1, -0.05) is 24.3 Å². The van der Waals surface area contributed by atoms with Crippen LogP contribution in [0.25, 0.3) is 0 Å². The second-order valence-electron chi connectivity index (χ2n) is 3.90. The Morgan fingerprint density at radius 2 is 2.31 bits per heavy atom. The second kappa shape index (κ2) is 4.63. The van der Waals surface area contributed by atoms with Gasteiger partial charge in [0.2, 0.25) is 0 Å². The normalized spacial score (nSPS) is 22.9. The molecule has 4 nitrogen and oxygen atoms in total. The Morgan fingerprint density at radius 3 is 3.06 bits per heavy atom. The molecule has 86 valence electrons. The minimum atomic E-state index is -0.470. The lowest BCUT2D eigenvalue weighted by molar-refractivity contribution is -0.139. The number of hydrogen-bond donors (Lipinski definition) is 2. The summed E-state index contributed by atoms with van der Waals surface area (Å²) in [6, 6.07) is 7.69. The van der Waals surface area contributed by atoms with Gasteiger partial charge in [0.05, 0.1) is 25.8 Å². The molecule has 0 heterocycles. The van der Waals surface area contributed by atoms with Gasteiger partial charge in [0.25, 0.3) is 0 Å². The fourth-order valence-electron chi connectivity index (χ4n) is 2.09. The smallest absolute Gasteiger partial charge is 0.319 e. The average Bonchev–Trinajstić information content (AvgIpc) is 2.62. The standard InChI is InChI=1S/C12H15NO3/c1-16-11(15)7-13-12-9-5-3-2-4-8(9)6-10(12)14/h2-5,10,12-14H,6-7H2,1H3/t10-,12-/m1/s1. The number of carbonyl (C=O) groups is 1. The van der Waals surface area contributed by atoms with E-state index in [1.165, 1.54) is 7.11 Å². The van der Waals surface area contributed by atoms with Crippen LogP contribution in [0.4, 0.5) is 0 Å². The molecule has 2 N–H and O–H groups in total. The number of nitrogens with one attached hydrogen (secondary N) is 1. The predicted molar refractivity (Wildman–Crippen MR) is 58.9 cm³/mol. The van der Waals surface area contributed by atoms with Gasteiger partial charge in [0, 0.05) is 6.42 Å². The molecule has 16 heavy (non-hydrogen) atoms. The van der Waals surface area contributed by atoms with Gasteiger partial charge in [0.15, 0.2) is 0 Å². The minimum Gasteiger partial charge on any atom is -0.468 e. The van der Waals surface area contributed by atoms with E-state index in [-0.39, 0.29) is 18.6 Å². The third kappa shape index (κ3) is 2.08. The first-order valence-electron chi connectivity index (χ1n) is 5.28. The van der Waals surface area contributed by atoms with Crippen LogP contribution < -0.4 is 5.32 Å². The SMILES string of the molecule is COC(=O)CN[C@@H]1c2ccccc2C[C@H]1O. The zero-order valence-corrected chi connectivity index (χ0v) is 9.14. The Labute approximate surface area is 94.2 Å². The monoisotopic (exact) mass is 221 g/mol. The highest BCUT2D eigenvalue weighted by Gasteiger charge is 2.30. The van der Waals surface area contributed by atoms with Crippen LogP contribution in [0.5, 0.6) is 0 Å². The van der Waals surface area contributed by atoms with Gasteiger partial charge in [-0.25, -0.2) is 0 Å². The summed E-state index contributed by atoms with van der Waals surface area (Å²) in [4.78, 5) is 11.0. The average molecular weight is 221 g/mol. The molecule has 1 aliphatic carbocycles. The van der Waals surface area contributed by atoms with Crippen molar-refractivity contribution in [2.75, 3.05) is 13.7 Å². The third-order valence-corrected chi connectivity index (χ3v) is 2.90. The largest absolute Gasteiger partial charge is 0.468 e. The summed E-state index contributed by atoms with van der Waals surface area (Å²) in [5.41, 5.74) is 2.20. The van der Waals surface area contributed by atoms with Gasteiger partial charge in [-0.15, -0.1) is 0 Å². The number of carbonyl (C=O) groups excluding carboxylic acids is 1. The zero-order valence-electron chi connectivity index (χ0n) is 9.14. The van der Waals surface area contributed by atoms with Crippen molar-refractivity contribution in [2.45, 2.75) is 18.6 Å². The number of methoxy groups -OCH3 is 1. The topological polar surface area (TPSA) is 58.6 Å². The van der Waals surface area contributed by atoms with E-state index in [9.17, 15) is 9.90 Å². The number of fused-ring (bicyclic) bond motifs is 1. The molecule has 1 aromatic carbocycles. The van der Waals surface area contributed by atoms with Crippen LogP contribution in [0.15, 0.2) is 24.3 Å². The number of aliphatic hydroxyl groups is 1. The van der Waals surface area contributed by atoms with Crippen molar-refractivity contribution in [2.24, 2.45) is 0 Å². The van der Waals surface area contributed by atoms with Crippen molar-refractivity contribution >= 4 is 5.97 Å². The highest BCUT2D eigenvalue weighted by molar-refractivity contribution is 5.71. The number of hydrogen-bond acceptors (Lipinski definition) is 4. The summed E-state index contributed by atoms with van der Waals surface area (Å²) >= 11 is 0. The first kappa shape index (κ1) is 11.1. The van der Waals surface area contributed by atoms with Gasteiger partial charge in [0.1, 0.15) is 0 Å². The number of benzene rings is 1. The Bertz CT molecular complexity index is 392. The van der Waals surface area contributed by atoms with Crippen molar-refractivity contribution in [3.05, 3.63) is 35.4 Å². The molecule has 0 unspecified atom stereocenters. The lowest BCUT2D eigenvalue weighted by Crippen LogP contribution is -2.33. The zero-order chi connectivity index (χ0) is 11.5. The maximum Gasteiger partial charge on any atom is 0.319 e. The van der Waals surface area contributed by atoms with Crippen LogP contribution >= 0.6 is 0 Å². The van der Waals surface area contributed by atoms with Crippen LogP contribution in [-0.4, -0.2) is 30.8 Å². The van der Waals surface area contributed by atoms with Gasteiger partial charge < -0.3 is 9.84 Å². The van der Waals surface area contributed by atoms with Crippen molar-refractivity contribution in [1.82, 2.24) is 5.32 Å². The lowest BCUT2D eigenvalue weighted by atomic mass is 10.1. The molecule has 2 rings (SSSR count). The van der Waals surface area contributed by atoms with Crippen molar-refractivity contribution in [3.8, 4) is 0 Å². The molecule has 0 amide bonds. The molecule has 0 saturated heterocycles. The maximum absolute atomic E-state index is 11.0. The van der Waals surface area contributed by atoms with Crippen LogP contribution in [0, 0.1) is 0 Å². The van der Waals surface area contributed by atoms with E-state index in [4.69, 9.17) is 0 Å². The number of rotatable bonds is 3. The summed E-state index contributed by atoms with van der Waals surface area (Å²) in [6.45, 7) is 0.118. The van der Waals surface area contributed by atoms with E-state index in [1.807, 2.05) is 24.3 Å². The first-order valence-corrected chi connectivity index (χ1v) is 5.28.